The van der Waals surface area contributed by atoms with E-state index in [-0.39, 0.29) is 36.2 Å². The van der Waals surface area contributed by atoms with Crippen LogP contribution < -0.4 is 10.6 Å². The van der Waals surface area contributed by atoms with Gasteiger partial charge in [-0.25, -0.2) is 0 Å². The molecule has 7 nitrogen and oxygen atoms in total. The lowest BCUT2D eigenvalue weighted by atomic mass is 10.0. The number of rotatable bonds is 2. The van der Waals surface area contributed by atoms with Crippen molar-refractivity contribution >= 4 is 18.3 Å². The average molecular weight is 392 g/mol. The van der Waals surface area contributed by atoms with Crippen LogP contribution in [-0.4, -0.2) is 40.2 Å². The third-order valence-electron chi connectivity index (χ3n) is 5.42. The highest BCUT2D eigenvalue weighted by Gasteiger charge is 2.41. The first-order valence-electron chi connectivity index (χ1n) is 9.56. The Morgan fingerprint density at radius 3 is 2.78 bits per heavy atom. The molecule has 0 bridgehead atoms. The van der Waals surface area contributed by atoms with E-state index in [4.69, 9.17) is 4.52 Å². The average Bonchev–Trinajstić information content (AvgIpc) is 3.31. The number of carbonyl (C=O) groups excluding carboxylic acids is 1. The molecule has 1 saturated heterocycles. The van der Waals surface area contributed by atoms with Gasteiger partial charge in [0.2, 0.25) is 17.6 Å². The summed E-state index contributed by atoms with van der Waals surface area (Å²) in [6, 6.07) is 3.94. The quantitative estimate of drug-likeness (QED) is 0.817. The van der Waals surface area contributed by atoms with E-state index in [1.807, 2.05) is 12.1 Å². The summed E-state index contributed by atoms with van der Waals surface area (Å²) >= 11 is 0. The zero-order valence-electron chi connectivity index (χ0n) is 15.3. The maximum atomic E-state index is 12.6. The smallest absolute Gasteiger partial charge is 0.230 e. The molecule has 0 unspecified atom stereocenters. The number of pyridine rings is 1. The van der Waals surface area contributed by atoms with Crippen LogP contribution >= 0.6 is 12.4 Å². The van der Waals surface area contributed by atoms with E-state index in [0.717, 1.165) is 44.3 Å². The van der Waals surface area contributed by atoms with Crippen LogP contribution in [-0.2, 0) is 4.79 Å². The molecule has 8 heteroatoms. The van der Waals surface area contributed by atoms with Gasteiger partial charge < -0.3 is 15.2 Å². The van der Waals surface area contributed by atoms with Gasteiger partial charge in [-0.2, -0.15) is 4.98 Å². The summed E-state index contributed by atoms with van der Waals surface area (Å²) in [6.45, 7) is 1.74. The van der Waals surface area contributed by atoms with Gasteiger partial charge in [-0.3, -0.25) is 9.78 Å². The summed E-state index contributed by atoms with van der Waals surface area (Å²) in [7, 11) is 0. The Balaban J connectivity index is 0.00000210. The third-order valence-corrected chi connectivity index (χ3v) is 5.42. The molecular weight excluding hydrogens is 366 g/mol. The first kappa shape index (κ1) is 19.8. The molecule has 1 aliphatic heterocycles. The Morgan fingerprint density at radius 2 is 1.96 bits per heavy atom. The Kier molecular flexibility index (Phi) is 6.79. The van der Waals surface area contributed by atoms with Crippen molar-refractivity contribution in [2.45, 2.75) is 50.5 Å². The number of hydrogen-bond donors (Lipinski definition) is 2. The first-order valence-corrected chi connectivity index (χ1v) is 9.56. The first-order chi connectivity index (χ1) is 12.8. The second-order valence-electron chi connectivity index (χ2n) is 7.24. The number of fused-ring (bicyclic) bond motifs is 1. The molecule has 2 N–H and O–H groups in total. The number of amides is 1. The summed E-state index contributed by atoms with van der Waals surface area (Å²) in [4.78, 5) is 21.3. The Hall–Kier alpha value is -1.99. The lowest BCUT2D eigenvalue weighted by Gasteiger charge is -2.19. The van der Waals surface area contributed by atoms with Gasteiger partial charge in [0.05, 0.1) is 5.92 Å². The van der Waals surface area contributed by atoms with Gasteiger partial charge in [-0.05, 0) is 44.4 Å². The Morgan fingerprint density at radius 1 is 1.11 bits per heavy atom. The van der Waals surface area contributed by atoms with Crippen LogP contribution in [0.5, 0.6) is 0 Å². The van der Waals surface area contributed by atoms with Crippen LogP contribution in [0.4, 0.5) is 0 Å². The minimum Gasteiger partial charge on any atom is -0.356 e. The van der Waals surface area contributed by atoms with Crippen LogP contribution in [0.1, 0.15) is 50.3 Å². The maximum absolute atomic E-state index is 12.6. The number of carbonyl (C=O) groups is 1. The molecule has 4 rings (SSSR count). The highest BCUT2D eigenvalue weighted by atomic mass is 35.5. The van der Waals surface area contributed by atoms with Crippen LogP contribution in [0.15, 0.2) is 29.0 Å². The molecule has 2 aromatic rings. The van der Waals surface area contributed by atoms with Gasteiger partial charge in [0.25, 0.3) is 0 Å². The second kappa shape index (κ2) is 9.28. The van der Waals surface area contributed by atoms with Crippen molar-refractivity contribution in [3.8, 4) is 11.4 Å². The molecule has 0 spiro atoms. The number of hydrogen-bond acceptors (Lipinski definition) is 6. The fourth-order valence-corrected chi connectivity index (χ4v) is 4.00. The van der Waals surface area contributed by atoms with Crippen molar-refractivity contribution in [2.75, 3.05) is 13.1 Å². The third kappa shape index (κ3) is 4.65. The van der Waals surface area contributed by atoms with Crippen LogP contribution in [0.25, 0.3) is 11.4 Å². The summed E-state index contributed by atoms with van der Waals surface area (Å²) in [6.07, 6.45) is 9.66. The molecule has 2 aromatic heterocycles. The van der Waals surface area contributed by atoms with Crippen LogP contribution in [0, 0.1) is 5.92 Å². The van der Waals surface area contributed by atoms with E-state index in [1.165, 1.54) is 12.8 Å². The molecule has 146 valence electrons. The van der Waals surface area contributed by atoms with Gasteiger partial charge >= 0.3 is 0 Å². The predicted molar refractivity (Wildman–Crippen MR) is 104 cm³/mol. The van der Waals surface area contributed by atoms with E-state index >= 15 is 0 Å². The van der Waals surface area contributed by atoms with E-state index < -0.39 is 0 Å². The summed E-state index contributed by atoms with van der Waals surface area (Å²) in [5, 5.41) is 10.8. The molecule has 2 aliphatic rings. The van der Waals surface area contributed by atoms with Crippen molar-refractivity contribution < 1.29 is 9.32 Å². The van der Waals surface area contributed by atoms with Gasteiger partial charge in [0.1, 0.15) is 0 Å². The molecule has 1 amide bonds. The molecule has 0 radical (unpaired) electrons. The Labute approximate surface area is 165 Å². The van der Waals surface area contributed by atoms with Crippen molar-refractivity contribution in [1.82, 2.24) is 25.8 Å². The van der Waals surface area contributed by atoms with Gasteiger partial charge in [-0.1, -0.05) is 18.0 Å². The number of halogens is 1. The molecule has 27 heavy (non-hydrogen) atoms. The van der Waals surface area contributed by atoms with Gasteiger partial charge in [0, 0.05) is 36.5 Å². The summed E-state index contributed by atoms with van der Waals surface area (Å²) in [5.74, 6) is 1.41. The number of nitrogens with zero attached hydrogens (tertiary/aromatic N) is 3. The SMILES string of the molecule is Cl.O=C1NCCCCCCN[C@H]2C[C@H](c3nc(-c4cccnc4)no3)C[C@@H]12. The fraction of sp³-hybridized carbons (Fsp3) is 0.579. The largest absolute Gasteiger partial charge is 0.356 e. The number of aromatic nitrogens is 3. The lowest BCUT2D eigenvalue weighted by Crippen LogP contribution is -2.41. The van der Waals surface area contributed by atoms with Gasteiger partial charge in [0.15, 0.2) is 0 Å². The van der Waals surface area contributed by atoms with E-state index in [2.05, 4.69) is 25.8 Å². The van der Waals surface area contributed by atoms with Crippen molar-refractivity contribution in [3.63, 3.8) is 0 Å². The maximum Gasteiger partial charge on any atom is 0.230 e. The van der Waals surface area contributed by atoms with Crippen LogP contribution in [0.3, 0.4) is 0 Å². The van der Waals surface area contributed by atoms with E-state index in [1.54, 1.807) is 12.4 Å². The predicted octanol–water partition coefficient (Wildman–Crippen LogP) is 2.70. The molecule has 3 heterocycles. The molecule has 1 aliphatic carbocycles. The highest BCUT2D eigenvalue weighted by molar-refractivity contribution is 5.85. The molecule has 2 fully saturated rings. The van der Waals surface area contributed by atoms with Crippen molar-refractivity contribution in [3.05, 3.63) is 30.4 Å². The highest BCUT2D eigenvalue weighted by Crippen LogP contribution is 2.38. The minimum absolute atomic E-state index is 0. The standard InChI is InChI=1S/C19H25N5O2.ClH/c25-18-15-10-14(11-16(15)21-8-3-1-2-4-9-22-18)19-23-17(24-26-19)13-6-5-7-20-12-13;/h5-7,12,14-16,21H,1-4,8-11H2,(H,22,25);1H/t14-,15-,16+;/m1./s1. The molecule has 0 aromatic carbocycles. The summed E-state index contributed by atoms with van der Waals surface area (Å²) < 4.78 is 5.53. The monoisotopic (exact) mass is 391 g/mol. The summed E-state index contributed by atoms with van der Waals surface area (Å²) in [5.41, 5.74) is 0.839. The number of nitrogens with one attached hydrogen (secondary N) is 2. The minimum atomic E-state index is -0.0353. The molecule has 3 atom stereocenters. The second-order valence-corrected chi connectivity index (χ2v) is 7.24. The topological polar surface area (TPSA) is 92.9 Å². The normalized spacial score (nSPS) is 26.4. The zero-order valence-corrected chi connectivity index (χ0v) is 16.1. The van der Waals surface area contributed by atoms with Crippen molar-refractivity contribution in [1.29, 1.82) is 0 Å². The zero-order chi connectivity index (χ0) is 17.8. The molecular formula is C19H26ClN5O2. The Bertz CT molecular complexity index is 739. The van der Waals surface area contributed by atoms with E-state index in [0.29, 0.717) is 11.7 Å². The molecule has 1 saturated carbocycles. The lowest BCUT2D eigenvalue weighted by molar-refractivity contribution is -0.125. The van der Waals surface area contributed by atoms with Crippen LogP contribution in [0.2, 0.25) is 0 Å². The van der Waals surface area contributed by atoms with E-state index in [9.17, 15) is 4.79 Å². The van der Waals surface area contributed by atoms with Gasteiger partial charge in [-0.15, -0.1) is 12.4 Å². The fourth-order valence-electron chi connectivity index (χ4n) is 4.00. The van der Waals surface area contributed by atoms with Crippen molar-refractivity contribution in [2.24, 2.45) is 5.92 Å².